The molecule has 0 saturated carbocycles. The van der Waals surface area contributed by atoms with Crippen molar-refractivity contribution < 1.29 is 19.1 Å². The van der Waals surface area contributed by atoms with Crippen molar-refractivity contribution in [1.29, 1.82) is 0 Å². The number of ether oxygens (including phenoxy) is 1. The molecule has 3 amide bonds. The molecule has 7 heteroatoms. The van der Waals surface area contributed by atoms with E-state index in [1.165, 1.54) is 0 Å². The zero-order valence-electron chi connectivity index (χ0n) is 23.5. The predicted molar refractivity (Wildman–Crippen MR) is 144 cm³/mol. The first kappa shape index (κ1) is 31.0. The van der Waals surface area contributed by atoms with E-state index in [0.717, 1.165) is 12.8 Å². The van der Waals surface area contributed by atoms with Gasteiger partial charge in [0.25, 0.3) is 0 Å². The Morgan fingerprint density at radius 3 is 2.19 bits per heavy atom. The number of hydrogen-bond acceptors (Lipinski definition) is 4. The Hall–Kier alpha value is -3.01. The maximum Gasteiger partial charge on any atom is 0.408 e. The average Bonchev–Trinajstić information content (AvgIpc) is 2.79. The van der Waals surface area contributed by atoms with Gasteiger partial charge in [0.15, 0.2) is 0 Å². The lowest BCUT2D eigenvalue weighted by Crippen LogP contribution is -2.60. The number of carbonyl (C=O) groups excluding carboxylic acids is 3. The minimum absolute atomic E-state index is 0.258. The van der Waals surface area contributed by atoms with E-state index in [4.69, 9.17) is 11.2 Å². The summed E-state index contributed by atoms with van der Waals surface area (Å²) in [5.41, 5.74) is -0.332. The van der Waals surface area contributed by atoms with Gasteiger partial charge in [-0.05, 0) is 65.0 Å². The lowest BCUT2D eigenvalue weighted by Gasteiger charge is -2.45. The Bertz CT molecular complexity index is 941. The van der Waals surface area contributed by atoms with Gasteiger partial charge in [0.05, 0.1) is 0 Å². The molecule has 2 N–H and O–H groups in total. The molecule has 0 radical (unpaired) electrons. The molecule has 2 atom stereocenters. The van der Waals surface area contributed by atoms with E-state index in [-0.39, 0.29) is 17.7 Å². The highest BCUT2D eigenvalue weighted by Crippen LogP contribution is 2.34. The van der Waals surface area contributed by atoms with Crippen molar-refractivity contribution in [1.82, 2.24) is 15.5 Å². The molecule has 7 nitrogen and oxygen atoms in total. The third-order valence-corrected chi connectivity index (χ3v) is 6.11. The molecule has 0 aromatic heterocycles. The van der Waals surface area contributed by atoms with Crippen molar-refractivity contribution in [3.63, 3.8) is 0 Å². The highest BCUT2D eigenvalue weighted by atomic mass is 16.6. The third kappa shape index (κ3) is 8.58. The molecule has 1 rings (SSSR count). The van der Waals surface area contributed by atoms with Crippen LogP contribution in [0.15, 0.2) is 24.3 Å². The molecule has 1 aromatic carbocycles. The second-order valence-electron chi connectivity index (χ2n) is 11.0. The Morgan fingerprint density at radius 1 is 1.08 bits per heavy atom. The number of nitrogens with zero attached hydrogens (tertiary/aromatic N) is 1. The fourth-order valence-electron chi connectivity index (χ4n) is 3.79. The largest absolute Gasteiger partial charge is 0.444 e. The number of alkyl carbamates (subject to hydrolysis) is 1. The number of rotatable bonds is 11. The van der Waals surface area contributed by atoms with Crippen molar-refractivity contribution in [2.24, 2.45) is 5.92 Å². The number of benzene rings is 1. The van der Waals surface area contributed by atoms with E-state index in [1.54, 1.807) is 37.8 Å². The van der Waals surface area contributed by atoms with Crippen molar-refractivity contribution in [2.75, 3.05) is 6.54 Å². The predicted octanol–water partition coefficient (Wildman–Crippen LogP) is 5.19. The van der Waals surface area contributed by atoms with Crippen LogP contribution in [0.3, 0.4) is 0 Å². The van der Waals surface area contributed by atoms with E-state index in [1.807, 2.05) is 53.7 Å². The molecule has 0 saturated heterocycles. The second-order valence-corrected chi connectivity index (χ2v) is 11.0. The van der Waals surface area contributed by atoms with Crippen LogP contribution in [-0.2, 0) is 14.3 Å². The molecule has 1 aromatic rings. The molecule has 0 heterocycles. The smallest absolute Gasteiger partial charge is 0.408 e. The quantitative estimate of drug-likeness (QED) is 0.324. The number of terminal acetylenes is 1. The maximum absolute atomic E-state index is 14.3. The van der Waals surface area contributed by atoms with Crippen LogP contribution in [0.1, 0.15) is 98.7 Å². The molecule has 2 unspecified atom stereocenters. The van der Waals surface area contributed by atoms with Crippen LogP contribution in [0.2, 0.25) is 0 Å². The van der Waals surface area contributed by atoms with Crippen molar-refractivity contribution in [3.05, 3.63) is 35.4 Å². The van der Waals surface area contributed by atoms with Gasteiger partial charge in [-0.15, -0.1) is 6.42 Å². The standard InChI is InChI=1S/C29H45N3O4/c1-11-14-19-30-25(33)24(22-18-16-15-17-21(22)12-2)32(29(9,10)13-3)26(34)23(20(4)5)31-27(35)36-28(6,7)8/h2,15-18,20,23-24H,11,13-14,19H2,1,3-10H3,(H,30,33)(H,31,35). The molecule has 0 fully saturated rings. The third-order valence-electron chi connectivity index (χ3n) is 6.11. The summed E-state index contributed by atoms with van der Waals surface area (Å²) in [5.74, 6) is 1.73. The summed E-state index contributed by atoms with van der Waals surface area (Å²) in [5, 5.41) is 5.74. The molecule has 0 aliphatic carbocycles. The van der Waals surface area contributed by atoms with Crippen LogP contribution < -0.4 is 10.6 Å². The first-order valence-electron chi connectivity index (χ1n) is 12.9. The number of carbonyl (C=O) groups is 3. The Balaban J connectivity index is 3.67. The van der Waals surface area contributed by atoms with Crippen molar-refractivity contribution in [2.45, 2.75) is 105 Å². The Morgan fingerprint density at radius 2 is 1.69 bits per heavy atom. The van der Waals surface area contributed by atoms with Crippen LogP contribution in [0.5, 0.6) is 0 Å². The molecule has 0 aliphatic heterocycles. The van der Waals surface area contributed by atoms with Gasteiger partial charge in [0, 0.05) is 17.6 Å². The van der Waals surface area contributed by atoms with Gasteiger partial charge >= 0.3 is 6.09 Å². The van der Waals surface area contributed by atoms with E-state index in [9.17, 15) is 14.4 Å². The van der Waals surface area contributed by atoms with Crippen LogP contribution in [0.25, 0.3) is 0 Å². The minimum atomic E-state index is -0.974. The summed E-state index contributed by atoms with van der Waals surface area (Å²) in [6, 6.07) is 5.29. The fourth-order valence-corrected chi connectivity index (χ4v) is 3.79. The average molecular weight is 500 g/mol. The van der Waals surface area contributed by atoms with Crippen LogP contribution >= 0.6 is 0 Å². The zero-order chi connectivity index (χ0) is 27.7. The normalized spacial score (nSPS) is 13.4. The molecular weight excluding hydrogens is 454 g/mol. The lowest BCUT2D eigenvalue weighted by atomic mass is 9.89. The van der Waals surface area contributed by atoms with Crippen molar-refractivity contribution in [3.8, 4) is 12.3 Å². The molecule has 36 heavy (non-hydrogen) atoms. The summed E-state index contributed by atoms with van der Waals surface area (Å²) in [6.07, 6.45) is 7.43. The van der Waals surface area contributed by atoms with Gasteiger partial charge in [-0.1, -0.05) is 58.2 Å². The lowest BCUT2D eigenvalue weighted by molar-refractivity contribution is -0.150. The number of hydrogen-bond donors (Lipinski definition) is 2. The van der Waals surface area contributed by atoms with Gasteiger partial charge in [-0.25, -0.2) is 4.79 Å². The van der Waals surface area contributed by atoms with Crippen LogP contribution in [0, 0.1) is 18.3 Å². The first-order chi connectivity index (χ1) is 16.7. The molecule has 0 aliphatic rings. The highest BCUT2D eigenvalue weighted by molar-refractivity contribution is 5.93. The summed E-state index contributed by atoms with van der Waals surface area (Å²) >= 11 is 0. The second kappa shape index (κ2) is 13.3. The van der Waals surface area contributed by atoms with Gasteiger partial charge in [0.2, 0.25) is 11.8 Å². The summed E-state index contributed by atoms with van der Waals surface area (Å²) < 4.78 is 5.43. The fraction of sp³-hybridized carbons (Fsp3) is 0.621. The van der Waals surface area contributed by atoms with Crippen LogP contribution in [0.4, 0.5) is 4.79 Å². The summed E-state index contributed by atoms with van der Waals surface area (Å²) in [4.78, 5) is 42.2. The topological polar surface area (TPSA) is 87.7 Å². The Kier molecular flexibility index (Phi) is 11.5. The summed E-state index contributed by atoms with van der Waals surface area (Å²) in [7, 11) is 0. The molecular formula is C29H45N3O4. The van der Waals surface area contributed by atoms with E-state index >= 15 is 0 Å². The molecule has 0 spiro atoms. The van der Waals surface area contributed by atoms with Gasteiger partial charge in [-0.2, -0.15) is 0 Å². The van der Waals surface area contributed by atoms with Crippen LogP contribution in [-0.4, -0.2) is 46.5 Å². The maximum atomic E-state index is 14.3. The van der Waals surface area contributed by atoms with Gasteiger partial charge < -0.3 is 20.3 Å². The summed E-state index contributed by atoms with van der Waals surface area (Å²) in [6.45, 7) is 17.3. The van der Waals surface area contributed by atoms with Gasteiger partial charge in [0.1, 0.15) is 17.7 Å². The highest BCUT2D eigenvalue weighted by Gasteiger charge is 2.44. The van der Waals surface area contributed by atoms with E-state index < -0.39 is 29.3 Å². The van der Waals surface area contributed by atoms with E-state index in [2.05, 4.69) is 16.6 Å². The zero-order valence-corrected chi connectivity index (χ0v) is 23.5. The van der Waals surface area contributed by atoms with E-state index in [0.29, 0.717) is 24.1 Å². The SMILES string of the molecule is C#Cc1ccccc1C(C(=O)NCCCC)N(C(=O)C(NC(=O)OC(C)(C)C)C(C)C)C(C)(C)CC. The minimum Gasteiger partial charge on any atom is -0.444 e. The molecule has 0 bridgehead atoms. The number of unbranched alkanes of at least 4 members (excludes halogenated alkanes) is 1. The number of nitrogens with one attached hydrogen (secondary N) is 2. The van der Waals surface area contributed by atoms with Gasteiger partial charge in [-0.3, -0.25) is 9.59 Å². The Labute approximate surface area is 217 Å². The molecule has 200 valence electrons. The van der Waals surface area contributed by atoms with Crippen molar-refractivity contribution >= 4 is 17.9 Å². The first-order valence-corrected chi connectivity index (χ1v) is 12.9. The monoisotopic (exact) mass is 499 g/mol. The number of amides is 3.